The molecular formula is C19H21ClN4O2S. The van der Waals surface area contributed by atoms with E-state index < -0.39 is 0 Å². The summed E-state index contributed by atoms with van der Waals surface area (Å²) in [6.07, 6.45) is 0. The van der Waals surface area contributed by atoms with Crippen LogP contribution in [0, 0.1) is 4.77 Å². The Morgan fingerprint density at radius 1 is 1.11 bits per heavy atom. The number of nitrogens with one attached hydrogen (secondary N) is 2. The van der Waals surface area contributed by atoms with Crippen molar-refractivity contribution < 1.29 is 9.47 Å². The standard InChI is InChI=1S/C19H21ClN4O2S/c1-3-25-16-10-14(15(20)11-17(16)26-4-2)12-21-24-18(22-23-19(24)27)13-8-6-5-7-9-13/h5-11,21H,3-4,12H2,1-2H3,(H,23,27). The van der Waals surface area contributed by atoms with Crippen LogP contribution in [-0.2, 0) is 6.54 Å². The zero-order chi connectivity index (χ0) is 19.2. The van der Waals surface area contributed by atoms with E-state index in [1.165, 1.54) is 0 Å². The van der Waals surface area contributed by atoms with E-state index in [-0.39, 0.29) is 0 Å². The van der Waals surface area contributed by atoms with Crippen LogP contribution in [-0.4, -0.2) is 28.1 Å². The molecule has 1 aromatic heterocycles. The van der Waals surface area contributed by atoms with Crippen molar-refractivity contribution in [1.29, 1.82) is 0 Å². The molecule has 0 fully saturated rings. The van der Waals surface area contributed by atoms with Crippen molar-refractivity contribution in [3.8, 4) is 22.9 Å². The lowest BCUT2D eigenvalue weighted by Crippen LogP contribution is -2.16. The van der Waals surface area contributed by atoms with Crippen LogP contribution in [0.1, 0.15) is 19.4 Å². The summed E-state index contributed by atoms with van der Waals surface area (Å²) in [6, 6.07) is 13.5. The van der Waals surface area contributed by atoms with E-state index in [2.05, 4.69) is 15.6 Å². The first-order valence-electron chi connectivity index (χ1n) is 8.68. The summed E-state index contributed by atoms with van der Waals surface area (Å²) in [5.41, 5.74) is 5.09. The van der Waals surface area contributed by atoms with Gasteiger partial charge in [0.2, 0.25) is 4.77 Å². The van der Waals surface area contributed by atoms with E-state index in [4.69, 9.17) is 33.3 Å². The Hall–Kier alpha value is -2.51. The molecule has 0 aliphatic heterocycles. The zero-order valence-electron chi connectivity index (χ0n) is 15.2. The average molecular weight is 405 g/mol. The summed E-state index contributed by atoms with van der Waals surface area (Å²) in [5.74, 6) is 2.00. The van der Waals surface area contributed by atoms with Gasteiger partial charge in [-0.1, -0.05) is 41.9 Å². The van der Waals surface area contributed by atoms with Gasteiger partial charge in [0.1, 0.15) is 0 Å². The van der Waals surface area contributed by atoms with Crippen LogP contribution in [0.25, 0.3) is 11.4 Å². The number of halogens is 1. The monoisotopic (exact) mass is 404 g/mol. The highest BCUT2D eigenvalue weighted by Gasteiger charge is 2.13. The van der Waals surface area contributed by atoms with Crippen LogP contribution in [0.5, 0.6) is 11.5 Å². The van der Waals surface area contributed by atoms with Crippen LogP contribution in [0.4, 0.5) is 0 Å². The first kappa shape index (κ1) is 19.3. The summed E-state index contributed by atoms with van der Waals surface area (Å²) in [6.45, 7) is 5.38. The second kappa shape index (κ2) is 8.92. The summed E-state index contributed by atoms with van der Waals surface area (Å²) >= 11 is 11.8. The number of nitrogens with zero attached hydrogens (tertiary/aromatic N) is 2. The van der Waals surface area contributed by atoms with E-state index in [1.54, 1.807) is 10.7 Å². The van der Waals surface area contributed by atoms with Crippen molar-refractivity contribution in [1.82, 2.24) is 14.9 Å². The number of ether oxygens (including phenoxy) is 2. The lowest BCUT2D eigenvalue weighted by molar-refractivity contribution is 0.287. The third-order valence-corrected chi connectivity index (χ3v) is 4.47. The molecule has 0 radical (unpaired) electrons. The van der Waals surface area contributed by atoms with Gasteiger partial charge in [-0.15, -0.1) is 0 Å². The van der Waals surface area contributed by atoms with Crippen LogP contribution < -0.4 is 14.9 Å². The summed E-state index contributed by atoms with van der Waals surface area (Å²) < 4.78 is 13.5. The number of aromatic nitrogens is 3. The highest BCUT2D eigenvalue weighted by Crippen LogP contribution is 2.34. The Labute approximate surface area is 168 Å². The second-order valence-electron chi connectivity index (χ2n) is 5.65. The van der Waals surface area contributed by atoms with E-state index in [1.807, 2.05) is 50.2 Å². The van der Waals surface area contributed by atoms with Crippen molar-refractivity contribution in [3.63, 3.8) is 0 Å². The van der Waals surface area contributed by atoms with Gasteiger partial charge in [-0.25, -0.2) is 9.77 Å². The molecule has 0 spiro atoms. The number of benzene rings is 2. The minimum absolute atomic E-state index is 0.443. The third-order valence-electron chi connectivity index (χ3n) is 3.84. The minimum atomic E-state index is 0.443. The minimum Gasteiger partial charge on any atom is -0.490 e. The molecule has 0 aliphatic carbocycles. The first-order valence-corrected chi connectivity index (χ1v) is 9.47. The molecule has 0 saturated heterocycles. The normalized spacial score (nSPS) is 10.6. The van der Waals surface area contributed by atoms with Gasteiger partial charge in [0.05, 0.1) is 19.8 Å². The first-order chi connectivity index (χ1) is 13.1. The van der Waals surface area contributed by atoms with Crippen LogP contribution >= 0.6 is 23.8 Å². The summed E-state index contributed by atoms with van der Waals surface area (Å²) in [4.78, 5) is 0. The van der Waals surface area contributed by atoms with Gasteiger partial charge in [-0.05, 0) is 37.7 Å². The number of hydrogen-bond acceptors (Lipinski definition) is 5. The third kappa shape index (κ3) is 4.43. The van der Waals surface area contributed by atoms with Gasteiger partial charge >= 0.3 is 0 Å². The molecular weight excluding hydrogens is 384 g/mol. The van der Waals surface area contributed by atoms with E-state index in [0.29, 0.717) is 46.9 Å². The average Bonchev–Trinajstić information content (AvgIpc) is 3.04. The molecule has 0 bridgehead atoms. The SMILES string of the molecule is CCOc1cc(Cl)c(CNn2c(-c3ccccc3)n[nH]c2=S)cc1OCC. The largest absolute Gasteiger partial charge is 0.490 e. The van der Waals surface area contributed by atoms with Gasteiger partial charge in [-0.2, -0.15) is 5.10 Å². The maximum absolute atomic E-state index is 6.44. The van der Waals surface area contributed by atoms with Crippen molar-refractivity contribution in [3.05, 3.63) is 57.8 Å². The highest BCUT2D eigenvalue weighted by molar-refractivity contribution is 7.71. The predicted molar refractivity (Wildman–Crippen MR) is 110 cm³/mol. The fraction of sp³-hybridized carbons (Fsp3) is 0.263. The van der Waals surface area contributed by atoms with Crippen LogP contribution in [0.2, 0.25) is 5.02 Å². The number of aromatic amines is 1. The lowest BCUT2D eigenvalue weighted by atomic mass is 10.2. The van der Waals surface area contributed by atoms with Gasteiger partial charge in [0, 0.05) is 16.7 Å². The quantitative estimate of drug-likeness (QED) is 0.528. The van der Waals surface area contributed by atoms with E-state index in [9.17, 15) is 0 Å². The number of hydrogen-bond donors (Lipinski definition) is 2. The molecule has 1 heterocycles. The van der Waals surface area contributed by atoms with E-state index >= 15 is 0 Å². The molecule has 3 rings (SSSR count). The van der Waals surface area contributed by atoms with Crippen molar-refractivity contribution in [2.75, 3.05) is 18.6 Å². The Bertz CT molecular complexity index is 956. The maximum atomic E-state index is 6.44. The van der Waals surface area contributed by atoms with Crippen molar-refractivity contribution >= 4 is 23.8 Å². The smallest absolute Gasteiger partial charge is 0.214 e. The molecule has 2 aromatic carbocycles. The second-order valence-corrected chi connectivity index (χ2v) is 6.44. The topological polar surface area (TPSA) is 64.1 Å². The molecule has 3 aromatic rings. The molecule has 0 amide bonds. The van der Waals surface area contributed by atoms with Gasteiger partial charge in [0.15, 0.2) is 17.3 Å². The number of H-pyrrole nitrogens is 1. The lowest BCUT2D eigenvalue weighted by Gasteiger charge is -2.15. The van der Waals surface area contributed by atoms with Crippen molar-refractivity contribution in [2.24, 2.45) is 0 Å². The molecule has 0 saturated carbocycles. The molecule has 142 valence electrons. The number of rotatable bonds is 8. The Morgan fingerprint density at radius 3 is 2.44 bits per heavy atom. The summed E-state index contributed by atoms with van der Waals surface area (Å²) in [5, 5.41) is 7.72. The Balaban J connectivity index is 1.86. The predicted octanol–water partition coefficient (Wildman–Crippen LogP) is 4.80. The molecule has 6 nitrogen and oxygen atoms in total. The maximum Gasteiger partial charge on any atom is 0.214 e. The highest BCUT2D eigenvalue weighted by atomic mass is 35.5. The zero-order valence-corrected chi connectivity index (χ0v) is 16.7. The fourth-order valence-electron chi connectivity index (χ4n) is 2.64. The van der Waals surface area contributed by atoms with E-state index in [0.717, 1.165) is 11.1 Å². The fourth-order valence-corrected chi connectivity index (χ4v) is 3.06. The Kier molecular flexibility index (Phi) is 6.36. The Morgan fingerprint density at radius 2 is 1.78 bits per heavy atom. The molecule has 0 atom stereocenters. The van der Waals surface area contributed by atoms with Gasteiger partial charge < -0.3 is 14.9 Å². The van der Waals surface area contributed by atoms with Crippen LogP contribution in [0.3, 0.4) is 0 Å². The molecule has 0 aliphatic rings. The van der Waals surface area contributed by atoms with Crippen LogP contribution in [0.15, 0.2) is 42.5 Å². The molecule has 2 N–H and O–H groups in total. The molecule has 27 heavy (non-hydrogen) atoms. The van der Waals surface area contributed by atoms with Crippen molar-refractivity contribution in [2.45, 2.75) is 20.4 Å². The summed E-state index contributed by atoms with van der Waals surface area (Å²) in [7, 11) is 0. The van der Waals surface area contributed by atoms with Gasteiger partial charge in [-0.3, -0.25) is 0 Å². The molecule has 0 unspecified atom stereocenters. The van der Waals surface area contributed by atoms with Gasteiger partial charge in [0.25, 0.3) is 0 Å². The molecule has 8 heteroatoms.